The number of rotatable bonds is 2. The largest absolute Gasteiger partial charge is 0.456 e. The van der Waals surface area contributed by atoms with E-state index < -0.39 is 11.6 Å². The van der Waals surface area contributed by atoms with Crippen molar-refractivity contribution in [2.45, 2.75) is 52.6 Å². The summed E-state index contributed by atoms with van der Waals surface area (Å²) in [4.78, 5) is 12.2. The number of ether oxygens (including phenoxy) is 1. The Labute approximate surface area is 137 Å². The Kier molecular flexibility index (Phi) is 4.24. The number of benzene rings is 1. The van der Waals surface area contributed by atoms with Gasteiger partial charge >= 0.3 is 5.97 Å². The van der Waals surface area contributed by atoms with Crippen molar-refractivity contribution in [3.8, 4) is 5.69 Å². The van der Waals surface area contributed by atoms with Crippen molar-refractivity contribution in [3.63, 3.8) is 0 Å². The molecule has 0 fully saturated rings. The lowest BCUT2D eigenvalue weighted by molar-refractivity contribution is 0.00708. The third-order valence-corrected chi connectivity index (χ3v) is 3.40. The van der Waals surface area contributed by atoms with Gasteiger partial charge in [-0.1, -0.05) is 32.9 Å². The molecule has 0 saturated carbocycles. The molecule has 0 aliphatic rings. The van der Waals surface area contributed by atoms with Gasteiger partial charge in [0.1, 0.15) is 17.0 Å². The molecule has 2 rings (SSSR count). The Hall–Kier alpha value is -2.30. The van der Waals surface area contributed by atoms with Crippen LogP contribution in [0.3, 0.4) is 0 Å². The molecule has 0 radical (unpaired) electrons. The number of esters is 1. The van der Waals surface area contributed by atoms with Crippen LogP contribution >= 0.6 is 0 Å². The minimum atomic E-state index is -0.569. The normalized spacial score (nSPS) is 12.3. The van der Waals surface area contributed by atoms with Crippen molar-refractivity contribution in [3.05, 3.63) is 41.6 Å². The van der Waals surface area contributed by atoms with Crippen LogP contribution in [0.25, 0.3) is 5.69 Å². The molecule has 2 aromatic rings. The summed E-state index contributed by atoms with van der Waals surface area (Å²) in [6.07, 6.45) is 1.45. The molecule has 1 aromatic carbocycles. The predicted octanol–water partition coefficient (Wildman–Crippen LogP) is 3.71. The molecule has 0 amide bonds. The van der Waals surface area contributed by atoms with E-state index in [0.717, 1.165) is 5.69 Å². The van der Waals surface area contributed by atoms with Gasteiger partial charge in [-0.05, 0) is 43.9 Å². The third-order valence-electron chi connectivity index (χ3n) is 3.40. The van der Waals surface area contributed by atoms with Crippen LogP contribution in [0, 0.1) is 0 Å². The summed E-state index contributed by atoms with van der Waals surface area (Å²) in [6.45, 7) is 11.9. The van der Waals surface area contributed by atoms with Gasteiger partial charge in [-0.25, -0.2) is 9.48 Å². The minimum absolute atomic E-state index is 0.0792. The monoisotopic (exact) mass is 315 g/mol. The molecule has 23 heavy (non-hydrogen) atoms. The maximum Gasteiger partial charge on any atom is 0.344 e. The van der Waals surface area contributed by atoms with E-state index in [0.29, 0.717) is 0 Å². The minimum Gasteiger partial charge on any atom is -0.456 e. The highest BCUT2D eigenvalue weighted by Gasteiger charge is 2.23. The van der Waals surface area contributed by atoms with Crippen molar-refractivity contribution in [1.82, 2.24) is 9.78 Å². The van der Waals surface area contributed by atoms with Crippen molar-refractivity contribution in [1.29, 1.82) is 0 Å². The number of hydrogen-bond acceptors (Lipinski definition) is 4. The molecule has 1 aromatic heterocycles. The van der Waals surface area contributed by atoms with Gasteiger partial charge in [0.05, 0.1) is 11.9 Å². The Morgan fingerprint density at radius 2 is 1.65 bits per heavy atom. The maximum absolute atomic E-state index is 12.2. The van der Waals surface area contributed by atoms with Gasteiger partial charge in [-0.2, -0.15) is 5.10 Å². The second kappa shape index (κ2) is 5.72. The number of nitrogens with zero attached hydrogens (tertiary/aromatic N) is 2. The van der Waals surface area contributed by atoms with E-state index >= 15 is 0 Å². The lowest BCUT2D eigenvalue weighted by atomic mass is 9.87. The fraction of sp³-hybridized carbons (Fsp3) is 0.444. The summed E-state index contributed by atoms with van der Waals surface area (Å²) in [7, 11) is 0. The number of carbonyl (C=O) groups is 1. The van der Waals surface area contributed by atoms with E-state index in [2.05, 4.69) is 25.9 Å². The van der Waals surface area contributed by atoms with Gasteiger partial charge in [-0.3, -0.25) is 0 Å². The SMILES string of the molecule is CC(C)(C)OC(=O)c1cnn(-c2ccc(C(C)(C)C)cc2)c1N. The van der Waals surface area contributed by atoms with Crippen molar-refractivity contribution in [2.75, 3.05) is 5.73 Å². The molecule has 0 atom stereocenters. The molecular formula is C18H25N3O2. The number of carbonyl (C=O) groups excluding carboxylic acids is 1. The lowest BCUT2D eigenvalue weighted by Gasteiger charge is -2.19. The van der Waals surface area contributed by atoms with Gasteiger partial charge in [0.2, 0.25) is 0 Å². The van der Waals surface area contributed by atoms with E-state index in [1.165, 1.54) is 11.8 Å². The Balaban J connectivity index is 2.31. The highest BCUT2D eigenvalue weighted by atomic mass is 16.6. The molecule has 0 aliphatic heterocycles. The third kappa shape index (κ3) is 3.92. The van der Waals surface area contributed by atoms with Crippen LogP contribution in [-0.2, 0) is 10.2 Å². The first-order valence-electron chi connectivity index (χ1n) is 7.67. The van der Waals surface area contributed by atoms with Crippen LogP contribution < -0.4 is 5.73 Å². The van der Waals surface area contributed by atoms with E-state index in [1.54, 1.807) is 4.68 Å². The Morgan fingerprint density at radius 1 is 1.09 bits per heavy atom. The van der Waals surface area contributed by atoms with Crippen molar-refractivity contribution in [2.24, 2.45) is 0 Å². The summed E-state index contributed by atoms with van der Waals surface area (Å²) < 4.78 is 6.89. The number of nitrogens with two attached hydrogens (primary N) is 1. The van der Waals surface area contributed by atoms with Gasteiger partial charge in [0.15, 0.2) is 0 Å². The van der Waals surface area contributed by atoms with Crippen LogP contribution in [0.4, 0.5) is 5.82 Å². The molecular weight excluding hydrogens is 290 g/mol. The molecule has 5 heteroatoms. The van der Waals surface area contributed by atoms with Crippen molar-refractivity contribution >= 4 is 11.8 Å². The zero-order chi connectivity index (χ0) is 17.4. The predicted molar refractivity (Wildman–Crippen MR) is 91.8 cm³/mol. The first-order valence-corrected chi connectivity index (χ1v) is 7.67. The second-order valence-corrected chi connectivity index (χ2v) is 7.65. The molecule has 0 aliphatic carbocycles. The molecule has 5 nitrogen and oxygen atoms in total. The molecule has 2 N–H and O–H groups in total. The maximum atomic E-state index is 12.2. The molecule has 124 valence electrons. The average molecular weight is 315 g/mol. The summed E-state index contributed by atoms with van der Waals surface area (Å²) in [5.41, 5.74) is 7.90. The number of anilines is 1. The fourth-order valence-corrected chi connectivity index (χ4v) is 2.16. The van der Waals surface area contributed by atoms with Crippen LogP contribution in [0.5, 0.6) is 0 Å². The summed E-state index contributed by atoms with van der Waals surface area (Å²) in [5, 5.41) is 4.22. The van der Waals surface area contributed by atoms with E-state index in [4.69, 9.17) is 10.5 Å². The summed E-state index contributed by atoms with van der Waals surface area (Å²) >= 11 is 0. The molecule has 1 heterocycles. The van der Waals surface area contributed by atoms with Crippen LogP contribution in [0.1, 0.15) is 57.5 Å². The molecule has 0 bridgehead atoms. The molecule has 0 unspecified atom stereocenters. The number of aromatic nitrogens is 2. The van der Waals surface area contributed by atoms with E-state index in [1.807, 2.05) is 45.0 Å². The Morgan fingerprint density at radius 3 is 2.13 bits per heavy atom. The summed E-state index contributed by atoms with van der Waals surface area (Å²) in [6, 6.07) is 7.98. The van der Waals surface area contributed by atoms with Crippen LogP contribution in [-0.4, -0.2) is 21.4 Å². The smallest absolute Gasteiger partial charge is 0.344 e. The molecule has 0 saturated heterocycles. The number of nitrogen functional groups attached to an aromatic ring is 1. The van der Waals surface area contributed by atoms with Crippen molar-refractivity contribution < 1.29 is 9.53 Å². The summed E-state index contributed by atoms with van der Waals surface area (Å²) in [5.74, 6) is -0.185. The highest BCUT2D eigenvalue weighted by molar-refractivity contribution is 5.94. The average Bonchev–Trinajstić information content (AvgIpc) is 2.78. The van der Waals surface area contributed by atoms with Crippen LogP contribution in [0.2, 0.25) is 0 Å². The number of hydrogen-bond donors (Lipinski definition) is 1. The fourth-order valence-electron chi connectivity index (χ4n) is 2.16. The van der Waals surface area contributed by atoms with Gasteiger partial charge in [0.25, 0.3) is 0 Å². The van der Waals surface area contributed by atoms with Gasteiger partial charge < -0.3 is 10.5 Å². The first kappa shape index (κ1) is 17.1. The topological polar surface area (TPSA) is 70.1 Å². The highest BCUT2D eigenvalue weighted by Crippen LogP contribution is 2.25. The quantitative estimate of drug-likeness (QED) is 0.858. The lowest BCUT2D eigenvalue weighted by Crippen LogP contribution is -2.24. The Bertz CT molecular complexity index is 701. The van der Waals surface area contributed by atoms with Gasteiger partial charge in [0, 0.05) is 0 Å². The second-order valence-electron chi connectivity index (χ2n) is 7.65. The van der Waals surface area contributed by atoms with E-state index in [9.17, 15) is 4.79 Å². The zero-order valence-corrected chi connectivity index (χ0v) is 14.7. The van der Waals surface area contributed by atoms with Gasteiger partial charge in [-0.15, -0.1) is 0 Å². The molecule has 0 spiro atoms. The zero-order valence-electron chi connectivity index (χ0n) is 14.7. The van der Waals surface area contributed by atoms with Crippen LogP contribution in [0.15, 0.2) is 30.5 Å². The first-order chi connectivity index (χ1) is 10.5. The van der Waals surface area contributed by atoms with E-state index in [-0.39, 0.29) is 16.8 Å². The standard InChI is InChI=1S/C18H25N3O2/c1-17(2,3)12-7-9-13(10-8-12)21-15(19)14(11-20-21)16(22)23-18(4,5)6/h7-11H,19H2,1-6H3.